The molecule has 31 heavy (non-hydrogen) atoms. The van der Waals surface area contributed by atoms with Gasteiger partial charge in [0.15, 0.2) is 0 Å². The number of rotatable bonds is 6. The van der Waals surface area contributed by atoms with Gasteiger partial charge in [0.1, 0.15) is 11.6 Å². The lowest BCUT2D eigenvalue weighted by atomic mass is 10.2. The molecule has 0 amide bonds. The van der Waals surface area contributed by atoms with E-state index in [1.165, 1.54) is 16.7 Å². The van der Waals surface area contributed by atoms with E-state index in [9.17, 15) is 13.2 Å². The molecule has 4 aromatic rings. The molecule has 0 fully saturated rings. The Balaban J connectivity index is 1.69. The van der Waals surface area contributed by atoms with Crippen molar-refractivity contribution < 1.29 is 13.2 Å². The maximum atomic E-state index is 13.0. The van der Waals surface area contributed by atoms with Crippen LogP contribution in [0.2, 0.25) is 0 Å². The number of aromatic nitrogens is 2. The van der Waals surface area contributed by atoms with Gasteiger partial charge in [0.25, 0.3) is 15.6 Å². The van der Waals surface area contributed by atoms with Crippen molar-refractivity contribution >= 4 is 26.6 Å². The molecule has 0 aliphatic heterocycles. The summed E-state index contributed by atoms with van der Waals surface area (Å²) in [6.07, 6.45) is 0. The molecular formula is C23H21N3O4S. The fourth-order valence-corrected chi connectivity index (χ4v) is 4.40. The summed E-state index contributed by atoms with van der Waals surface area (Å²) >= 11 is 0. The zero-order chi connectivity index (χ0) is 22.0. The molecule has 1 N–H and O–H groups in total. The number of benzene rings is 3. The van der Waals surface area contributed by atoms with Gasteiger partial charge in [-0.25, -0.2) is 13.4 Å². The molecule has 0 aliphatic rings. The number of fused-ring (bicyclic) bond motifs is 1. The predicted molar refractivity (Wildman–Crippen MR) is 120 cm³/mol. The Morgan fingerprint density at radius 2 is 1.74 bits per heavy atom. The average Bonchev–Trinajstić information content (AvgIpc) is 2.74. The molecule has 158 valence electrons. The molecule has 0 saturated carbocycles. The van der Waals surface area contributed by atoms with E-state index in [1.54, 1.807) is 61.5 Å². The molecule has 0 saturated heterocycles. The van der Waals surface area contributed by atoms with Gasteiger partial charge in [0.2, 0.25) is 0 Å². The summed E-state index contributed by atoms with van der Waals surface area (Å²) in [7, 11) is -3.81. The molecule has 0 bridgehead atoms. The Hall–Kier alpha value is -3.65. The van der Waals surface area contributed by atoms with Gasteiger partial charge in [0, 0.05) is 0 Å². The maximum Gasteiger partial charge on any atom is 0.265 e. The van der Waals surface area contributed by atoms with E-state index >= 15 is 0 Å². The normalized spacial score (nSPS) is 11.4. The molecule has 0 aliphatic carbocycles. The summed E-state index contributed by atoms with van der Waals surface area (Å²) in [5.74, 6) is 1.11. The van der Waals surface area contributed by atoms with Crippen molar-refractivity contribution in [3.63, 3.8) is 0 Å². The van der Waals surface area contributed by atoms with Crippen molar-refractivity contribution in [1.82, 2.24) is 9.55 Å². The van der Waals surface area contributed by atoms with Crippen LogP contribution in [0.15, 0.2) is 82.5 Å². The molecule has 1 heterocycles. The Morgan fingerprint density at radius 3 is 2.48 bits per heavy atom. The molecule has 0 spiro atoms. The first-order valence-electron chi connectivity index (χ1n) is 9.73. The highest BCUT2D eigenvalue weighted by Crippen LogP contribution is 2.21. The van der Waals surface area contributed by atoms with Crippen LogP contribution in [0, 0.1) is 6.92 Å². The van der Waals surface area contributed by atoms with E-state index in [4.69, 9.17) is 4.74 Å². The Kier molecular flexibility index (Phi) is 5.48. The number of aryl methyl sites for hydroxylation is 1. The standard InChI is InChI=1S/C23H21N3O4S/c1-3-30-19-11-13-20(14-12-19)31(28,29)25-17-7-6-8-18(15-17)26-16(2)24-22-10-5-4-9-21(22)23(26)27/h4-15,25H,3H2,1-2H3. The van der Waals surface area contributed by atoms with Crippen molar-refractivity contribution in [3.8, 4) is 11.4 Å². The van der Waals surface area contributed by atoms with Crippen molar-refractivity contribution in [2.75, 3.05) is 11.3 Å². The van der Waals surface area contributed by atoms with E-state index < -0.39 is 10.0 Å². The van der Waals surface area contributed by atoms with Crippen LogP contribution in [-0.2, 0) is 10.0 Å². The zero-order valence-electron chi connectivity index (χ0n) is 17.1. The monoisotopic (exact) mass is 435 g/mol. The Labute approximate surface area is 180 Å². The van der Waals surface area contributed by atoms with E-state index in [0.717, 1.165) is 0 Å². The van der Waals surface area contributed by atoms with Crippen LogP contribution < -0.4 is 15.0 Å². The van der Waals surface area contributed by atoms with Crippen LogP contribution in [0.4, 0.5) is 5.69 Å². The van der Waals surface area contributed by atoms with Gasteiger partial charge in [0.05, 0.1) is 33.8 Å². The molecule has 3 aromatic carbocycles. The van der Waals surface area contributed by atoms with Crippen LogP contribution >= 0.6 is 0 Å². The van der Waals surface area contributed by atoms with Gasteiger partial charge in [-0.05, 0) is 68.4 Å². The van der Waals surface area contributed by atoms with E-state index in [2.05, 4.69) is 9.71 Å². The third-order valence-electron chi connectivity index (χ3n) is 4.75. The number of nitrogens with zero attached hydrogens (tertiary/aromatic N) is 2. The Morgan fingerprint density at radius 1 is 1.00 bits per heavy atom. The van der Waals surface area contributed by atoms with Crippen molar-refractivity contribution in [1.29, 1.82) is 0 Å². The zero-order valence-corrected chi connectivity index (χ0v) is 17.9. The first-order valence-corrected chi connectivity index (χ1v) is 11.2. The smallest absolute Gasteiger partial charge is 0.265 e. The Bertz CT molecular complexity index is 1410. The number of para-hydroxylation sites is 1. The molecule has 7 nitrogen and oxygen atoms in total. The van der Waals surface area contributed by atoms with Crippen LogP contribution in [0.3, 0.4) is 0 Å². The summed E-state index contributed by atoms with van der Waals surface area (Å²) in [4.78, 5) is 17.6. The number of ether oxygens (including phenoxy) is 1. The molecule has 0 atom stereocenters. The summed E-state index contributed by atoms with van der Waals surface area (Å²) in [6.45, 7) is 4.10. The quantitative estimate of drug-likeness (QED) is 0.496. The van der Waals surface area contributed by atoms with Crippen molar-refractivity contribution in [2.24, 2.45) is 0 Å². The predicted octanol–water partition coefficient (Wildman–Crippen LogP) is 3.89. The lowest BCUT2D eigenvalue weighted by Crippen LogP contribution is -2.22. The molecule has 1 aromatic heterocycles. The van der Waals surface area contributed by atoms with Gasteiger partial charge in [-0.15, -0.1) is 0 Å². The van der Waals surface area contributed by atoms with Crippen molar-refractivity contribution in [3.05, 3.63) is 89.0 Å². The highest BCUT2D eigenvalue weighted by Gasteiger charge is 2.16. The van der Waals surface area contributed by atoms with Gasteiger partial charge >= 0.3 is 0 Å². The lowest BCUT2D eigenvalue weighted by Gasteiger charge is -2.13. The lowest BCUT2D eigenvalue weighted by molar-refractivity contribution is 0.340. The molecule has 0 radical (unpaired) electrons. The molecular weight excluding hydrogens is 414 g/mol. The first kappa shape index (κ1) is 20.6. The molecule has 0 unspecified atom stereocenters. The summed E-state index contributed by atoms with van der Waals surface area (Å²) in [5.41, 5.74) is 1.27. The number of hydrogen-bond donors (Lipinski definition) is 1. The van der Waals surface area contributed by atoms with Gasteiger partial charge < -0.3 is 4.74 Å². The second-order valence-electron chi connectivity index (χ2n) is 6.88. The fourth-order valence-electron chi connectivity index (χ4n) is 3.35. The minimum Gasteiger partial charge on any atom is -0.494 e. The van der Waals surface area contributed by atoms with Gasteiger partial charge in [-0.1, -0.05) is 18.2 Å². The second kappa shape index (κ2) is 8.23. The van der Waals surface area contributed by atoms with Crippen LogP contribution in [0.25, 0.3) is 16.6 Å². The van der Waals surface area contributed by atoms with E-state index in [1.807, 2.05) is 13.0 Å². The third kappa shape index (κ3) is 4.15. The summed E-state index contributed by atoms with van der Waals surface area (Å²) in [6, 6.07) is 20.0. The number of hydrogen-bond acceptors (Lipinski definition) is 5. The number of anilines is 1. The second-order valence-corrected chi connectivity index (χ2v) is 8.56. The highest BCUT2D eigenvalue weighted by molar-refractivity contribution is 7.92. The largest absolute Gasteiger partial charge is 0.494 e. The van der Waals surface area contributed by atoms with E-state index in [0.29, 0.717) is 40.5 Å². The summed E-state index contributed by atoms with van der Waals surface area (Å²) < 4.78 is 35.0. The fraction of sp³-hybridized carbons (Fsp3) is 0.130. The first-order chi connectivity index (χ1) is 14.9. The highest BCUT2D eigenvalue weighted by atomic mass is 32.2. The minimum atomic E-state index is -3.81. The van der Waals surface area contributed by atoms with Crippen LogP contribution in [-0.4, -0.2) is 24.6 Å². The number of nitrogens with one attached hydrogen (secondary N) is 1. The third-order valence-corrected chi connectivity index (χ3v) is 6.14. The topological polar surface area (TPSA) is 90.3 Å². The van der Waals surface area contributed by atoms with Crippen LogP contribution in [0.5, 0.6) is 5.75 Å². The molecule has 8 heteroatoms. The van der Waals surface area contributed by atoms with Crippen molar-refractivity contribution in [2.45, 2.75) is 18.7 Å². The maximum absolute atomic E-state index is 13.0. The average molecular weight is 436 g/mol. The minimum absolute atomic E-state index is 0.113. The van der Waals surface area contributed by atoms with Crippen LogP contribution in [0.1, 0.15) is 12.7 Å². The van der Waals surface area contributed by atoms with E-state index in [-0.39, 0.29) is 10.5 Å². The van der Waals surface area contributed by atoms with Gasteiger partial charge in [-0.2, -0.15) is 0 Å². The number of sulfonamides is 1. The SMILES string of the molecule is CCOc1ccc(S(=O)(=O)Nc2cccc(-n3c(C)nc4ccccc4c3=O)c2)cc1. The summed E-state index contributed by atoms with van der Waals surface area (Å²) in [5, 5.41) is 0.494. The molecule has 4 rings (SSSR count). The van der Waals surface area contributed by atoms with Gasteiger partial charge in [-0.3, -0.25) is 14.1 Å².